The summed E-state index contributed by atoms with van der Waals surface area (Å²) in [5, 5.41) is 0. The second-order valence-electron chi connectivity index (χ2n) is 1.72. The third kappa shape index (κ3) is 1.54. The Labute approximate surface area is 50.8 Å². The number of hydrogen-bond acceptors (Lipinski definition) is 3. The first-order chi connectivity index (χ1) is 3.79. The largest absolute Gasteiger partial charge is 0.304 e. The molecular formula is C4H8O3S. The molecule has 0 bridgehead atoms. The quantitative estimate of drug-likeness (QED) is 0.483. The summed E-state index contributed by atoms with van der Waals surface area (Å²) in [7, 11) is 0. The fourth-order valence-electron chi connectivity index (χ4n) is 0.492. The SMILES string of the molecule is C[C@@H]1CCO[S@](=O)O1. The first-order valence-corrected chi connectivity index (χ1v) is 3.51. The van der Waals surface area contributed by atoms with Gasteiger partial charge in [-0.3, -0.25) is 8.37 Å². The smallest absolute Gasteiger partial charge is 0.268 e. The normalized spacial score (nSPS) is 39.6. The highest BCUT2D eigenvalue weighted by Gasteiger charge is 2.14. The van der Waals surface area contributed by atoms with Crippen LogP contribution in [0.2, 0.25) is 0 Å². The molecule has 0 spiro atoms. The lowest BCUT2D eigenvalue weighted by Crippen LogP contribution is -2.21. The summed E-state index contributed by atoms with van der Waals surface area (Å²) in [5.41, 5.74) is 0. The molecule has 0 amide bonds. The summed E-state index contributed by atoms with van der Waals surface area (Å²) in [4.78, 5) is 0. The third-order valence-corrected chi connectivity index (χ3v) is 1.79. The van der Waals surface area contributed by atoms with Gasteiger partial charge in [0, 0.05) is 0 Å². The summed E-state index contributed by atoms with van der Waals surface area (Å²) < 4.78 is 19.7. The van der Waals surface area contributed by atoms with E-state index in [-0.39, 0.29) is 6.10 Å². The van der Waals surface area contributed by atoms with Crippen LogP contribution < -0.4 is 0 Å². The summed E-state index contributed by atoms with van der Waals surface area (Å²) in [6.07, 6.45) is 0.927. The van der Waals surface area contributed by atoms with Gasteiger partial charge in [0.2, 0.25) is 0 Å². The maximum atomic E-state index is 10.3. The molecule has 0 N–H and O–H groups in total. The van der Waals surface area contributed by atoms with Crippen LogP contribution in [-0.4, -0.2) is 16.9 Å². The molecule has 0 aromatic rings. The van der Waals surface area contributed by atoms with Crippen molar-refractivity contribution < 1.29 is 12.6 Å². The lowest BCUT2D eigenvalue weighted by molar-refractivity contribution is 0.125. The van der Waals surface area contributed by atoms with Crippen LogP contribution in [0.4, 0.5) is 0 Å². The number of rotatable bonds is 0. The van der Waals surface area contributed by atoms with Crippen molar-refractivity contribution in [2.45, 2.75) is 19.4 Å². The van der Waals surface area contributed by atoms with Crippen molar-refractivity contribution >= 4 is 11.4 Å². The van der Waals surface area contributed by atoms with Gasteiger partial charge < -0.3 is 0 Å². The molecule has 0 radical (unpaired) electrons. The molecule has 2 atom stereocenters. The van der Waals surface area contributed by atoms with Crippen LogP contribution in [0.25, 0.3) is 0 Å². The molecular weight excluding hydrogens is 128 g/mol. The molecule has 0 aromatic heterocycles. The Balaban J connectivity index is 2.34. The van der Waals surface area contributed by atoms with Gasteiger partial charge in [0.05, 0.1) is 12.7 Å². The Morgan fingerprint density at radius 3 is 2.88 bits per heavy atom. The lowest BCUT2D eigenvalue weighted by atomic mass is 10.3. The highest BCUT2D eigenvalue weighted by atomic mass is 32.2. The van der Waals surface area contributed by atoms with Crippen molar-refractivity contribution in [1.29, 1.82) is 0 Å². The molecule has 0 aromatic carbocycles. The minimum absolute atomic E-state index is 0.0876. The summed E-state index contributed by atoms with van der Waals surface area (Å²) >= 11 is -1.47. The van der Waals surface area contributed by atoms with Crippen LogP contribution in [0.1, 0.15) is 13.3 Å². The Hall–Kier alpha value is 0.0700. The van der Waals surface area contributed by atoms with Crippen LogP contribution in [0, 0.1) is 0 Å². The standard InChI is InChI=1S/C4H8O3S/c1-4-2-3-6-8(5)7-4/h4H,2-3H2,1H3/t4-,8+/m1/s1. The fraction of sp³-hybridized carbons (Fsp3) is 1.00. The van der Waals surface area contributed by atoms with Gasteiger partial charge in [-0.25, -0.2) is 0 Å². The molecule has 1 aliphatic heterocycles. The van der Waals surface area contributed by atoms with Crippen LogP contribution >= 0.6 is 0 Å². The summed E-state index contributed by atoms with van der Waals surface area (Å²) in [6, 6.07) is 0. The van der Waals surface area contributed by atoms with E-state index < -0.39 is 11.4 Å². The average Bonchev–Trinajstić information content (AvgIpc) is 1.64. The fourth-order valence-corrected chi connectivity index (χ4v) is 1.14. The topological polar surface area (TPSA) is 35.5 Å². The molecule has 1 rings (SSSR count). The monoisotopic (exact) mass is 136 g/mol. The van der Waals surface area contributed by atoms with Gasteiger partial charge in [0.15, 0.2) is 0 Å². The van der Waals surface area contributed by atoms with Gasteiger partial charge in [-0.1, -0.05) is 0 Å². The zero-order chi connectivity index (χ0) is 5.98. The van der Waals surface area contributed by atoms with Gasteiger partial charge in [-0.2, -0.15) is 4.21 Å². The van der Waals surface area contributed by atoms with E-state index in [1.54, 1.807) is 0 Å². The third-order valence-electron chi connectivity index (χ3n) is 0.947. The molecule has 0 unspecified atom stereocenters. The predicted octanol–water partition coefficient (Wildman–Crippen LogP) is 0.391. The van der Waals surface area contributed by atoms with Crippen LogP contribution in [0.15, 0.2) is 0 Å². The molecule has 0 aliphatic carbocycles. The van der Waals surface area contributed by atoms with Crippen molar-refractivity contribution in [2.24, 2.45) is 0 Å². The van der Waals surface area contributed by atoms with Crippen LogP contribution in [0.5, 0.6) is 0 Å². The van der Waals surface area contributed by atoms with Crippen LogP contribution in [-0.2, 0) is 19.7 Å². The highest BCUT2D eigenvalue weighted by Crippen LogP contribution is 2.08. The Bertz CT molecular complexity index is 103. The van der Waals surface area contributed by atoms with Crippen molar-refractivity contribution in [2.75, 3.05) is 6.61 Å². The van der Waals surface area contributed by atoms with Crippen LogP contribution in [0.3, 0.4) is 0 Å². The minimum atomic E-state index is -1.47. The van der Waals surface area contributed by atoms with Crippen molar-refractivity contribution in [3.63, 3.8) is 0 Å². The van der Waals surface area contributed by atoms with E-state index in [0.717, 1.165) is 6.42 Å². The Kier molecular flexibility index (Phi) is 1.99. The van der Waals surface area contributed by atoms with Gasteiger partial charge in [0.1, 0.15) is 0 Å². The van der Waals surface area contributed by atoms with E-state index in [2.05, 4.69) is 4.18 Å². The van der Waals surface area contributed by atoms with Gasteiger partial charge in [-0.15, -0.1) is 0 Å². The molecule has 1 heterocycles. The zero-order valence-corrected chi connectivity index (χ0v) is 5.44. The molecule has 8 heavy (non-hydrogen) atoms. The van der Waals surface area contributed by atoms with Gasteiger partial charge in [0.25, 0.3) is 0 Å². The van der Waals surface area contributed by atoms with E-state index in [4.69, 9.17) is 4.18 Å². The minimum Gasteiger partial charge on any atom is -0.268 e. The first-order valence-electron chi connectivity index (χ1n) is 2.51. The molecule has 1 fully saturated rings. The van der Waals surface area contributed by atoms with E-state index in [9.17, 15) is 4.21 Å². The van der Waals surface area contributed by atoms with Gasteiger partial charge in [-0.05, 0) is 13.3 Å². The van der Waals surface area contributed by atoms with Crippen molar-refractivity contribution in [3.8, 4) is 0 Å². The molecule has 1 aliphatic rings. The molecule has 48 valence electrons. The number of hydrogen-bond donors (Lipinski definition) is 0. The Morgan fingerprint density at radius 2 is 2.50 bits per heavy atom. The Morgan fingerprint density at radius 1 is 1.75 bits per heavy atom. The maximum Gasteiger partial charge on any atom is 0.304 e. The molecule has 4 heteroatoms. The van der Waals surface area contributed by atoms with Crippen molar-refractivity contribution in [3.05, 3.63) is 0 Å². The lowest BCUT2D eigenvalue weighted by Gasteiger charge is -2.15. The molecule has 3 nitrogen and oxygen atoms in total. The first kappa shape index (κ1) is 6.19. The molecule has 1 saturated heterocycles. The highest BCUT2D eigenvalue weighted by molar-refractivity contribution is 7.75. The van der Waals surface area contributed by atoms with E-state index in [1.807, 2.05) is 6.92 Å². The summed E-state index contributed by atoms with van der Waals surface area (Å²) in [5.74, 6) is 0. The average molecular weight is 136 g/mol. The predicted molar refractivity (Wildman–Crippen MR) is 29.3 cm³/mol. The summed E-state index contributed by atoms with van der Waals surface area (Å²) in [6.45, 7) is 2.42. The second kappa shape index (κ2) is 2.57. The molecule has 0 saturated carbocycles. The van der Waals surface area contributed by atoms with Gasteiger partial charge >= 0.3 is 11.4 Å². The van der Waals surface area contributed by atoms with Crippen molar-refractivity contribution in [1.82, 2.24) is 0 Å². The maximum absolute atomic E-state index is 10.3. The second-order valence-corrected chi connectivity index (χ2v) is 2.56. The van der Waals surface area contributed by atoms with E-state index in [0.29, 0.717) is 6.61 Å². The van der Waals surface area contributed by atoms with E-state index in [1.165, 1.54) is 0 Å². The zero-order valence-electron chi connectivity index (χ0n) is 4.62. The van der Waals surface area contributed by atoms with E-state index >= 15 is 0 Å².